The molecular formula is C12H12ClNS. The second-order valence-corrected chi connectivity index (χ2v) is 4.89. The van der Waals surface area contributed by atoms with E-state index < -0.39 is 0 Å². The molecule has 0 unspecified atom stereocenters. The van der Waals surface area contributed by atoms with Crippen LogP contribution in [0.3, 0.4) is 0 Å². The first-order chi connectivity index (χ1) is 7.18. The minimum Gasteiger partial charge on any atom is -0.320 e. The fraction of sp³-hybridized carbons (Fsp3) is 0.167. The van der Waals surface area contributed by atoms with Crippen molar-refractivity contribution in [2.45, 2.75) is 13.0 Å². The van der Waals surface area contributed by atoms with Crippen molar-refractivity contribution in [2.75, 3.05) is 0 Å². The molecule has 0 fully saturated rings. The lowest BCUT2D eigenvalue weighted by Crippen LogP contribution is -2.10. The Morgan fingerprint density at radius 2 is 2.13 bits per heavy atom. The molecule has 0 aliphatic heterocycles. The van der Waals surface area contributed by atoms with Gasteiger partial charge in [-0.25, -0.2) is 0 Å². The Kier molecular flexibility index (Phi) is 3.10. The maximum Gasteiger partial charge on any atom is 0.0646 e. The van der Waals surface area contributed by atoms with E-state index >= 15 is 0 Å². The third-order valence-corrected chi connectivity index (χ3v) is 3.77. The number of halogens is 1. The van der Waals surface area contributed by atoms with Gasteiger partial charge in [-0.2, -0.15) is 0 Å². The van der Waals surface area contributed by atoms with Crippen LogP contribution < -0.4 is 5.73 Å². The highest BCUT2D eigenvalue weighted by molar-refractivity contribution is 7.10. The third kappa shape index (κ3) is 2.23. The Bertz CT molecular complexity index is 451. The van der Waals surface area contributed by atoms with Crippen LogP contribution in [0.2, 0.25) is 5.02 Å². The van der Waals surface area contributed by atoms with Gasteiger partial charge in [0.15, 0.2) is 0 Å². The summed E-state index contributed by atoms with van der Waals surface area (Å²) in [5, 5.41) is 2.81. The third-order valence-electron chi connectivity index (χ3n) is 2.40. The molecule has 3 heteroatoms. The lowest BCUT2D eigenvalue weighted by molar-refractivity contribution is 0.893. The summed E-state index contributed by atoms with van der Waals surface area (Å²) in [6.45, 7) is 1.99. The molecule has 0 radical (unpaired) electrons. The Labute approximate surface area is 98.5 Å². The summed E-state index contributed by atoms with van der Waals surface area (Å²) in [4.78, 5) is 1.16. The number of nitrogens with two attached hydrogens (primary N) is 1. The first-order valence-corrected chi connectivity index (χ1v) is 5.99. The van der Waals surface area contributed by atoms with Gasteiger partial charge < -0.3 is 5.73 Å². The van der Waals surface area contributed by atoms with E-state index in [1.165, 1.54) is 0 Å². The lowest BCUT2D eigenvalue weighted by Gasteiger charge is -2.11. The average molecular weight is 238 g/mol. The predicted octanol–water partition coefficient (Wildman–Crippen LogP) is 3.76. The fourth-order valence-corrected chi connectivity index (χ4v) is 2.38. The molecule has 0 saturated heterocycles. The summed E-state index contributed by atoms with van der Waals surface area (Å²) in [7, 11) is 0. The number of benzene rings is 1. The summed E-state index contributed by atoms with van der Waals surface area (Å²) in [6.07, 6.45) is 0. The average Bonchev–Trinajstić information content (AvgIpc) is 2.74. The SMILES string of the molecule is Cc1ccc([C@H](N)c2cccs2)cc1Cl. The van der Waals surface area contributed by atoms with Crippen LogP contribution in [0.5, 0.6) is 0 Å². The minimum atomic E-state index is -0.0666. The molecule has 2 N–H and O–H groups in total. The molecule has 2 aromatic rings. The van der Waals surface area contributed by atoms with Gasteiger partial charge >= 0.3 is 0 Å². The molecule has 78 valence electrons. The Balaban J connectivity index is 2.34. The van der Waals surface area contributed by atoms with Crippen molar-refractivity contribution in [1.82, 2.24) is 0 Å². The van der Waals surface area contributed by atoms with Gasteiger partial charge in [0.1, 0.15) is 0 Å². The van der Waals surface area contributed by atoms with Gasteiger partial charge in [0.25, 0.3) is 0 Å². The van der Waals surface area contributed by atoms with E-state index in [9.17, 15) is 0 Å². The predicted molar refractivity (Wildman–Crippen MR) is 66.5 cm³/mol. The van der Waals surface area contributed by atoms with Gasteiger partial charge in [-0.3, -0.25) is 0 Å². The van der Waals surface area contributed by atoms with Crippen LogP contribution in [-0.2, 0) is 0 Å². The number of aryl methyl sites for hydroxylation is 1. The summed E-state index contributed by atoms with van der Waals surface area (Å²) in [5.74, 6) is 0. The van der Waals surface area contributed by atoms with Crippen LogP contribution in [0.1, 0.15) is 22.0 Å². The summed E-state index contributed by atoms with van der Waals surface area (Å²) in [6, 6.07) is 9.97. The van der Waals surface area contributed by atoms with E-state index in [1.54, 1.807) is 11.3 Å². The van der Waals surface area contributed by atoms with Gasteiger partial charge in [0.2, 0.25) is 0 Å². The molecule has 0 spiro atoms. The van der Waals surface area contributed by atoms with Crippen LogP contribution >= 0.6 is 22.9 Å². The molecule has 15 heavy (non-hydrogen) atoms. The maximum absolute atomic E-state index is 6.13. The van der Waals surface area contributed by atoms with Crippen molar-refractivity contribution >= 4 is 22.9 Å². The largest absolute Gasteiger partial charge is 0.320 e. The zero-order chi connectivity index (χ0) is 10.8. The number of hydrogen-bond donors (Lipinski definition) is 1. The Morgan fingerprint density at radius 1 is 1.33 bits per heavy atom. The zero-order valence-electron chi connectivity index (χ0n) is 8.41. The van der Waals surface area contributed by atoms with Crippen molar-refractivity contribution in [1.29, 1.82) is 0 Å². The van der Waals surface area contributed by atoms with Crippen molar-refractivity contribution < 1.29 is 0 Å². The molecule has 0 amide bonds. The fourth-order valence-electron chi connectivity index (χ4n) is 1.44. The molecule has 1 heterocycles. The molecule has 0 aliphatic rings. The molecular weight excluding hydrogens is 226 g/mol. The highest BCUT2D eigenvalue weighted by Crippen LogP contribution is 2.26. The smallest absolute Gasteiger partial charge is 0.0646 e. The van der Waals surface area contributed by atoms with Crippen molar-refractivity contribution in [3.63, 3.8) is 0 Å². The summed E-state index contributed by atoms with van der Waals surface area (Å²) in [5.41, 5.74) is 8.28. The minimum absolute atomic E-state index is 0.0666. The molecule has 0 bridgehead atoms. The monoisotopic (exact) mass is 237 g/mol. The lowest BCUT2D eigenvalue weighted by atomic mass is 10.0. The van der Waals surface area contributed by atoms with Crippen molar-refractivity contribution in [2.24, 2.45) is 5.73 Å². The van der Waals surface area contributed by atoms with Gasteiger partial charge in [-0.05, 0) is 35.6 Å². The summed E-state index contributed by atoms with van der Waals surface area (Å²) < 4.78 is 0. The molecule has 2 rings (SSSR count). The van der Waals surface area contributed by atoms with Crippen LogP contribution in [-0.4, -0.2) is 0 Å². The standard InChI is InChI=1S/C12H12ClNS/c1-8-4-5-9(7-10(8)13)12(14)11-3-2-6-15-11/h2-7,12H,14H2,1H3/t12-/m0/s1. The van der Waals surface area contributed by atoms with Crippen molar-refractivity contribution in [3.8, 4) is 0 Å². The quantitative estimate of drug-likeness (QED) is 0.846. The topological polar surface area (TPSA) is 26.0 Å². The first-order valence-electron chi connectivity index (χ1n) is 4.73. The normalized spacial score (nSPS) is 12.7. The first kappa shape index (κ1) is 10.7. The molecule has 0 saturated carbocycles. The van der Waals surface area contributed by atoms with E-state index in [2.05, 4.69) is 0 Å². The Hall–Kier alpha value is -0.830. The van der Waals surface area contributed by atoms with Crippen LogP contribution in [0.15, 0.2) is 35.7 Å². The van der Waals surface area contributed by atoms with Gasteiger partial charge in [-0.15, -0.1) is 11.3 Å². The van der Waals surface area contributed by atoms with E-state index in [-0.39, 0.29) is 6.04 Å². The van der Waals surface area contributed by atoms with Crippen LogP contribution in [0, 0.1) is 6.92 Å². The molecule has 1 aromatic heterocycles. The molecule has 1 atom stereocenters. The number of hydrogen-bond acceptors (Lipinski definition) is 2. The van der Waals surface area contributed by atoms with E-state index in [0.29, 0.717) is 0 Å². The second kappa shape index (κ2) is 4.35. The highest BCUT2D eigenvalue weighted by atomic mass is 35.5. The summed E-state index contributed by atoms with van der Waals surface area (Å²) >= 11 is 7.73. The van der Waals surface area contributed by atoms with Gasteiger partial charge in [-0.1, -0.05) is 29.8 Å². The van der Waals surface area contributed by atoms with E-state index in [4.69, 9.17) is 17.3 Å². The molecule has 0 aliphatic carbocycles. The van der Waals surface area contributed by atoms with Crippen LogP contribution in [0.25, 0.3) is 0 Å². The van der Waals surface area contributed by atoms with Crippen LogP contribution in [0.4, 0.5) is 0 Å². The van der Waals surface area contributed by atoms with E-state index in [1.807, 2.05) is 42.6 Å². The second-order valence-electron chi connectivity index (χ2n) is 3.50. The number of rotatable bonds is 2. The zero-order valence-corrected chi connectivity index (χ0v) is 9.98. The number of thiophene rings is 1. The van der Waals surface area contributed by atoms with Crippen molar-refractivity contribution in [3.05, 3.63) is 56.7 Å². The van der Waals surface area contributed by atoms with Gasteiger partial charge in [0, 0.05) is 9.90 Å². The van der Waals surface area contributed by atoms with Gasteiger partial charge in [0.05, 0.1) is 6.04 Å². The van der Waals surface area contributed by atoms with E-state index in [0.717, 1.165) is 21.0 Å². The molecule has 1 aromatic carbocycles. The highest BCUT2D eigenvalue weighted by Gasteiger charge is 2.10. The Morgan fingerprint density at radius 3 is 2.73 bits per heavy atom. The molecule has 1 nitrogen and oxygen atoms in total. The maximum atomic E-state index is 6.13.